The average molecular weight is 332 g/mol. The van der Waals surface area contributed by atoms with E-state index >= 15 is 0 Å². The van der Waals surface area contributed by atoms with Gasteiger partial charge >= 0.3 is 0 Å². The monoisotopic (exact) mass is 331 g/mol. The van der Waals surface area contributed by atoms with E-state index in [2.05, 4.69) is 47.1 Å². The number of nitrogens with one attached hydrogen (secondary N) is 1. The molecule has 0 fully saturated rings. The normalized spacial score (nSPS) is 11.6. The van der Waals surface area contributed by atoms with Crippen molar-refractivity contribution in [3.63, 3.8) is 0 Å². The third kappa shape index (κ3) is 4.62. The molecule has 0 aromatic carbocycles. The van der Waals surface area contributed by atoms with E-state index in [0.717, 1.165) is 18.7 Å². The van der Waals surface area contributed by atoms with Gasteiger partial charge in [0.2, 0.25) is 0 Å². The number of nitrogens with zero attached hydrogens (tertiary/aromatic N) is 2. The smallest absolute Gasteiger partial charge is 0.283 e. The van der Waals surface area contributed by atoms with Crippen LogP contribution in [-0.2, 0) is 11.3 Å². The molecular formula is C13H22BrN3O2. The van der Waals surface area contributed by atoms with Crippen LogP contribution in [-0.4, -0.2) is 30.0 Å². The minimum atomic E-state index is -0.142. The van der Waals surface area contributed by atoms with E-state index in [1.165, 1.54) is 4.68 Å². The summed E-state index contributed by atoms with van der Waals surface area (Å²) in [4.78, 5) is 12.0. The molecule has 1 aromatic rings. The van der Waals surface area contributed by atoms with Gasteiger partial charge in [-0.15, -0.1) is 0 Å². The molecule has 0 unspecified atom stereocenters. The van der Waals surface area contributed by atoms with Gasteiger partial charge in [-0.3, -0.25) is 4.79 Å². The number of methoxy groups -OCH3 is 1. The zero-order valence-electron chi connectivity index (χ0n) is 12.0. The van der Waals surface area contributed by atoms with Gasteiger partial charge in [0.15, 0.2) is 0 Å². The lowest BCUT2D eigenvalue weighted by atomic mass is 9.90. The number of anilines is 1. The highest BCUT2D eigenvalue weighted by Gasteiger charge is 2.16. The van der Waals surface area contributed by atoms with Gasteiger partial charge in [0.25, 0.3) is 5.56 Å². The molecule has 0 aliphatic carbocycles. The largest absolute Gasteiger partial charge is 0.383 e. The van der Waals surface area contributed by atoms with E-state index < -0.39 is 0 Å². The summed E-state index contributed by atoms with van der Waals surface area (Å²) in [5, 5.41) is 7.41. The van der Waals surface area contributed by atoms with Gasteiger partial charge in [-0.2, -0.15) is 5.10 Å². The number of rotatable bonds is 7. The van der Waals surface area contributed by atoms with Gasteiger partial charge in [-0.25, -0.2) is 4.68 Å². The molecular weight excluding hydrogens is 310 g/mol. The van der Waals surface area contributed by atoms with Gasteiger partial charge in [0, 0.05) is 13.7 Å². The van der Waals surface area contributed by atoms with Gasteiger partial charge in [0.05, 0.1) is 25.0 Å². The first-order chi connectivity index (χ1) is 8.91. The number of halogens is 1. The third-order valence-corrected chi connectivity index (χ3v) is 3.97. The molecule has 0 saturated carbocycles. The van der Waals surface area contributed by atoms with Gasteiger partial charge in [0.1, 0.15) is 4.47 Å². The molecule has 0 spiro atoms. The average Bonchev–Trinajstić information content (AvgIpc) is 2.39. The highest BCUT2D eigenvalue weighted by atomic mass is 79.9. The van der Waals surface area contributed by atoms with Crippen LogP contribution in [0.3, 0.4) is 0 Å². The van der Waals surface area contributed by atoms with Crippen LogP contribution in [0.4, 0.5) is 5.69 Å². The van der Waals surface area contributed by atoms with Gasteiger partial charge in [-0.1, -0.05) is 20.8 Å². The standard InChI is InChI=1S/C13H22BrN3O2/c1-5-13(2,3)9-15-10-8-16-17(6-7-19-4)12(18)11(10)14/h8,15H,5-7,9H2,1-4H3. The Bertz CT molecular complexity index is 471. The molecule has 6 heteroatoms. The fourth-order valence-corrected chi connectivity index (χ4v) is 1.83. The zero-order valence-corrected chi connectivity index (χ0v) is 13.6. The second-order valence-electron chi connectivity index (χ2n) is 5.26. The van der Waals surface area contributed by atoms with E-state index in [4.69, 9.17) is 4.74 Å². The molecule has 0 atom stereocenters. The second kappa shape index (κ2) is 7.05. The van der Waals surface area contributed by atoms with Crippen LogP contribution in [0.5, 0.6) is 0 Å². The first-order valence-electron chi connectivity index (χ1n) is 6.39. The molecule has 0 aliphatic rings. The van der Waals surface area contributed by atoms with Crippen molar-refractivity contribution in [2.45, 2.75) is 33.7 Å². The van der Waals surface area contributed by atoms with Crippen LogP contribution < -0.4 is 10.9 Å². The van der Waals surface area contributed by atoms with Crippen LogP contribution in [0.1, 0.15) is 27.2 Å². The van der Waals surface area contributed by atoms with E-state index in [9.17, 15) is 4.79 Å². The number of ether oxygens (including phenoxy) is 1. The molecule has 0 amide bonds. The SMILES string of the molecule is CCC(C)(C)CNc1cnn(CCOC)c(=O)c1Br. The summed E-state index contributed by atoms with van der Waals surface area (Å²) < 4.78 is 6.86. The molecule has 1 N–H and O–H groups in total. The van der Waals surface area contributed by atoms with E-state index in [1.807, 2.05) is 0 Å². The summed E-state index contributed by atoms with van der Waals surface area (Å²) in [6.07, 6.45) is 2.74. The maximum Gasteiger partial charge on any atom is 0.283 e. The molecule has 5 nitrogen and oxygen atoms in total. The maximum atomic E-state index is 12.0. The summed E-state index contributed by atoms with van der Waals surface area (Å²) in [6, 6.07) is 0. The highest BCUT2D eigenvalue weighted by Crippen LogP contribution is 2.22. The van der Waals surface area contributed by atoms with E-state index in [0.29, 0.717) is 17.6 Å². The Hall–Kier alpha value is -0.880. The predicted molar refractivity (Wildman–Crippen MR) is 80.6 cm³/mol. The van der Waals surface area contributed by atoms with Crippen molar-refractivity contribution in [3.8, 4) is 0 Å². The maximum absolute atomic E-state index is 12.0. The number of hydrogen-bond acceptors (Lipinski definition) is 4. The van der Waals surface area contributed by atoms with E-state index in [1.54, 1.807) is 13.3 Å². The summed E-state index contributed by atoms with van der Waals surface area (Å²) >= 11 is 3.34. The molecule has 0 aliphatic heterocycles. The third-order valence-electron chi connectivity index (χ3n) is 3.21. The summed E-state index contributed by atoms with van der Waals surface area (Å²) in [5.41, 5.74) is 0.779. The Balaban J connectivity index is 2.82. The van der Waals surface area contributed by atoms with Crippen LogP contribution >= 0.6 is 15.9 Å². The fourth-order valence-electron chi connectivity index (χ4n) is 1.38. The molecule has 0 bridgehead atoms. The minimum Gasteiger partial charge on any atom is -0.383 e. The van der Waals surface area contributed by atoms with Crippen molar-refractivity contribution in [3.05, 3.63) is 21.0 Å². The summed E-state index contributed by atoms with van der Waals surface area (Å²) in [7, 11) is 1.60. The predicted octanol–water partition coefficient (Wildman–Crippen LogP) is 2.50. The van der Waals surface area contributed by atoms with Gasteiger partial charge < -0.3 is 10.1 Å². The van der Waals surface area contributed by atoms with Gasteiger partial charge in [-0.05, 0) is 27.8 Å². The lowest BCUT2D eigenvalue weighted by Gasteiger charge is -2.23. The molecule has 0 saturated heterocycles. The Morgan fingerprint density at radius 2 is 2.21 bits per heavy atom. The molecule has 1 rings (SSSR count). The zero-order chi connectivity index (χ0) is 14.5. The Labute approximate surface area is 122 Å². The molecule has 19 heavy (non-hydrogen) atoms. The molecule has 1 aromatic heterocycles. The topological polar surface area (TPSA) is 56.1 Å². The lowest BCUT2D eigenvalue weighted by Crippen LogP contribution is -2.28. The fraction of sp³-hybridized carbons (Fsp3) is 0.692. The first-order valence-corrected chi connectivity index (χ1v) is 7.19. The molecule has 1 heterocycles. The Kier molecular flexibility index (Phi) is 6.00. The highest BCUT2D eigenvalue weighted by molar-refractivity contribution is 9.10. The van der Waals surface area contributed by atoms with Crippen molar-refractivity contribution in [1.29, 1.82) is 0 Å². The second-order valence-corrected chi connectivity index (χ2v) is 6.06. The van der Waals surface area contributed by atoms with Crippen molar-refractivity contribution in [2.75, 3.05) is 25.6 Å². The molecule has 0 radical (unpaired) electrons. The summed E-state index contributed by atoms with van der Waals surface area (Å²) in [5.74, 6) is 0. The molecule has 108 valence electrons. The van der Waals surface area contributed by atoms with Crippen molar-refractivity contribution >= 4 is 21.6 Å². The van der Waals surface area contributed by atoms with E-state index in [-0.39, 0.29) is 11.0 Å². The van der Waals surface area contributed by atoms with Crippen LogP contribution in [0.2, 0.25) is 0 Å². The van der Waals surface area contributed by atoms with Crippen molar-refractivity contribution in [1.82, 2.24) is 9.78 Å². The van der Waals surface area contributed by atoms with Crippen LogP contribution in [0, 0.1) is 5.41 Å². The first kappa shape index (κ1) is 16.2. The Morgan fingerprint density at radius 1 is 1.53 bits per heavy atom. The van der Waals surface area contributed by atoms with Crippen molar-refractivity contribution < 1.29 is 4.74 Å². The van der Waals surface area contributed by atoms with Crippen LogP contribution in [0.25, 0.3) is 0 Å². The van der Waals surface area contributed by atoms with Crippen molar-refractivity contribution in [2.24, 2.45) is 5.41 Å². The number of hydrogen-bond donors (Lipinski definition) is 1. The Morgan fingerprint density at radius 3 is 2.79 bits per heavy atom. The quantitative estimate of drug-likeness (QED) is 0.834. The number of aromatic nitrogens is 2. The minimum absolute atomic E-state index is 0.142. The lowest BCUT2D eigenvalue weighted by molar-refractivity contribution is 0.181. The summed E-state index contributed by atoms with van der Waals surface area (Å²) in [6.45, 7) is 8.23. The van der Waals surface area contributed by atoms with Crippen LogP contribution in [0.15, 0.2) is 15.5 Å².